The molecule has 0 saturated carbocycles. The van der Waals surface area contributed by atoms with E-state index in [0.29, 0.717) is 11.7 Å². The maximum absolute atomic E-state index is 12.9. The lowest BCUT2D eigenvalue weighted by atomic mass is 9.83. The van der Waals surface area contributed by atoms with Crippen molar-refractivity contribution in [3.8, 4) is 10.4 Å². The predicted octanol–water partition coefficient (Wildman–Crippen LogP) is 2.89. The molecular weight excluding hydrogens is 340 g/mol. The fraction of sp³-hybridized carbons (Fsp3) is 0.444. The van der Waals surface area contributed by atoms with Crippen LogP contribution >= 0.6 is 23.1 Å². The Balaban J connectivity index is 1.68. The Labute approximate surface area is 149 Å². The van der Waals surface area contributed by atoms with Crippen LogP contribution in [0.15, 0.2) is 34.4 Å². The Morgan fingerprint density at radius 1 is 1.29 bits per heavy atom. The summed E-state index contributed by atoms with van der Waals surface area (Å²) in [5.74, 6) is 1.44. The molecule has 0 spiro atoms. The Morgan fingerprint density at radius 2 is 2.17 bits per heavy atom. The van der Waals surface area contributed by atoms with Gasteiger partial charge < -0.3 is 9.47 Å². The van der Waals surface area contributed by atoms with Crippen molar-refractivity contribution in [3.63, 3.8) is 0 Å². The van der Waals surface area contributed by atoms with Crippen LogP contribution in [0.25, 0.3) is 10.4 Å². The van der Waals surface area contributed by atoms with Gasteiger partial charge in [-0.15, -0.1) is 11.3 Å². The first-order valence-electron chi connectivity index (χ1n) is 8.21. The van der Waals surface area contributed by atoms with Crippen molar-refractivity contribution in [2.24, 2.45) is 5.92 Å². The molecule has 0 N–H and O–H groups in total. The summed E-state index contributed by atoms with van der Waals surface area (Å²) in [4.78, 5) is 28.2. The van der Waals surface area contributed by atoms with E-state index >= 15 is 0 Å². The zero-order valence-corrected chi connectivity index (χ0v) is 15.2. The van der Waals surface area contributed by atoms with E-state index in [1.54, 1.807) is 23.1 Å². The fourth-order valence-corrected chi connectivity index (χ4v) is 5.16. The minimum absolute atomic E-state index is 0.119. The molecule has 24 heavy (non-hydrogen) atoms. The number of pyridine rings is 1. The molecule has 4 nitrogen and oxygen atoms in total. The number of fused-ring (bicyclic) bond motifs is 4. The molecule has 2 bridgehead atoms. The molecule has 1 saturated heterocycles. The summed E-state index contributed by atoms with van der Waals surface area (Å²) in [6.07, 6.45) is 3.05. The molecule has 6 heteroatoms. The minimum atomic E-state index is 0.119. The Bertz CT molecular complexity index is 813. The topological polar surface area (TPSA) is 42.3 Å². The third-order valence-corrected chi connectivity index (χ3v) is 6.45. The Hall–Kier alpha value is -1.53. The van der Waals surface area contributed by atoms with E-state index in [2.05, 4.69) is 6.07 Å². The number of piperidine rings is 1. The van der Waals surface area contributed by atoms with E-state index in [1.807, 2.05) is 39.3 Å². The van der Waals surface area contributed by atoms with Crippen molar-refractivity contribution >= 4 is 29.0 Å². The van der Waals surface area contributed by atoms with Crippen LogP contribution in [0.4, 0.5) is 0 Å². The van der Waals surface area contributed by atoms with Crippen molar-refractivity contribution in [1.29, 1.82) is 0 Å². The molecule has 1 fully saturated rings. The predicted molar refractivity (Wildman–Crippen MR) is 99.8 cm³/mol. The average molecular weight is 361 g/mol. The van der Waals surface area contributed by atoms with Crippen LogP contribution in [-0.2, 0) is 11.3 Å². The summed E-state index contributed by atoms with van der Waals surface area (Å²) in [7, 11) is 0. The van der Waals surface area contributed by atoms with Crippen molar-refractivity contribution in [2.75, 3.05) is 25.1 Å². The quantitative estimate of drug-likeness (QED) is 0.845. The number of hydrogen-bond acceptors (Lipinski definition) is 4. The van der Waals surface area contributed by atoms with Crippen LogP contribution in [0.1, 0.15) is 18.0 Å². The van der Waals surface area contributed by atoms with Gasteiger partial charge in [-0.3, -0.25) is 9.59 Å². The van der Waals surface area contributed by atoms with Gasteiger partial charge in [0.2, 0.25) is 5.91 Å². The number of aromatic nitrogens is 1. The van der Waals surface area contributed by atoms with Gasteiger partial charge in [0.15, 0.2) is 0 Å². The molecule has 4 heterocycles. The summed E-state index contributed by atoms with van der Waals surface area (Å²) in [5.41, 5.74) is 2.01. The highest BCUT2D eigenvalue weighted by atomic mass is 32.2. The maximum atomic E-state index is 12.9. The molecule has 126 valence electrons. The maximum Gasteiger partial charge on any atom is 0.259 e. The van der Waals surface area contributed by atoms with Gasteiger partial charge in [0.05, 0.1) is 11.3 Å². The standard InChI is InChI=1S/C18H20N2O2S2/c1-23-11-17(21)19-8-12-7-13(10-19)15-5-4-14(16-3-2-6-24-16)18(22)20(15)9-12/h2-6,12-13H,7-11H2,1H3/t12-,13+/m0/s1. The van der Waals surface area contributed by atoms with Crippen molar-refractivity contribution in [1.82, 2.24) is 9.47 Å². The monoisotopic (exact) mass is 360 g/mol. The number of carbonyl (C=O) groups is 1. The van der Waals surface area contributed by atoms with Gasteiger partial charge >= 0.3 is 0 Å². The van der Waals surface area contributed by atoms with Crippen LogP contribution in [0.2, 0.25) is 0 Å². The highest BCUT2D eigenvalue weighted by molar-refractivity contribution is 7.99. The molecule has 2 aromatic rings. The van der Waals surface area contributed by atoms with E-state index in [9.17, 15) is 9.59 Å². The van der Waals surface area contributed by atoms with Gasteiger partial charge in [-0.2, -0.15) is 11.8 Å². The number of carbonyl (C=O) groups excluding carboxylic acids is 1. The average Bonchev–Trinajstić information content (AvgIpc) is 3.10. The molecule has 2 aromatic heterocycles. The summed E-state index contributed by atoms with van der Waals surface area (Å²) in [5, 5.41) is 2.00. The van der Waals surface area contributed by atoms with E-state index < -0.39 is 0 Å². The number of amides is 1. The summed E-state index contributed by atoms with van der Waals surface area (Å²) >= 11 is 3.18. The Kier molecular flexibility index (Phi) is 4.26. The molecule has 0 unspecified atom stereocenters. The number of likely N-dealkylation sites (tertiary alicyclic amines) is 1. The molecule has 2 aliphatic rings. The molecule has 2 atom stereocenters. The summed E-state index contributed by atoms with van der Waals surface area (Å²) in [6.45, 7) is 2.26. The first-order valence-corrected chi connectivity index (χ1v) is 10.5. The number of hydrogen-bond donors (Lipinski definition) is 0. The molecule has 0 aromatic carbocycles. The molecule has 0 aliphatic carbocycles. The highest BCUT2D eigenvalue weighted by Gasteiger charge is 2.36. The SMILES string of the molecule is CSCC(=O)N1C[C@@H]2C[C@H](C1)c1ccc(-c3cccs3)c(=O)n1C2. The van der Waals surface area contributed by atoms with E-state index in [0.717, 1.165) is 42.2 Å². The van der Waals surface area contributed by atoms with E-state index in [4.69, 9.17) is 0 Å². The Morgan fingerprint density at radius 3 is 2.92 bits per heavy atom. The van der Waals surface area contributed by atoms with Gasteiger partial charge in [0.25, 0.3) is 5.56 Å². The zero-order chi connectivity index (χ0) is 16.7. The normalized spacial score (nSPS) is 22.3. The smallest absolute Gasteiger partial charge is 0.259 e. The lowest BCUT2D eigenvalue weighted by molar-refractivity contribution is -0.131. The number of rotatable bonds is 3. The third-order valence-electron chi connectivity index (χ3n) is 5.01. The highest BCUT2D eigenvalue weighted by Crippen LogP contribution is 2.36. The van der Waals surface area contributed by atoms with Gasteiger partial charge in [0, 0.05) is 36.1 Å². The number of nitrogens with zero attached hydrogens (tertiary/aromatic N) is 2. The lowest BCUT2D eigenvalue weighted by Gasteiger charge is -2.42. The molecule has 4 rings (SSSR count). The minimum Gasteiger partial charge on any atom is -0.341 e. The first-order chi connectivity index (χ1) is 11.7. The van der Waals surface area contributed by atoms with Crippen LogP contribution in [0.3, 0.4) is 0 Å². The summed E-state index contributed by atoms with van der Waals surface area (Å²) in [6, 6.07) is 8.04. The summed E-state index contributed by atoms with van der Waals surface area (Å²) < 4.78 is 1.96. The lowest BCUT2D eigenvalue weighted by Crippen LogP contribution is -2.49. The largest absolute Gasteiger partial charge is 0.341 e. The van der Waals surface area contributed by atoms with Crippen molar-refractivity contribution in [2.45, 2.75) is 18.9 Å². The van der Waals surface area contributed by atoms with Gasteiger partial charge in [-0.25, -0.2) is 0 Å². The zero-order valence-electron chi connectivity index (χ0n) is 13.6. The van der Waals surface area contributed by atoms with Crippen LogP contribution in [0, 0.1) is 5.92 Å². The van der Waals surface area contributed by atoms with Gasteiger partial charge in [-0.05, 0) is 42.2 Å². The molecule has 1 amide bonds. The van der Waals surface area contributed by atoms with Crippen LogP contribution in [0.5, 0.6) is 0 Å². The first kappa shape index (κ1) is 16.0. The molecule has 2 aliphatic heterocycles. The van der Waals surface area contributed by atoms with Gasteiger partial charge in [-0.1, -0.05) is 6.07 Å². The number of thioether (sulfide) groups is 1. The van der Waals surface area contributed by atoms with E-state index in [-0.39, 0.29) is 17.4 Å². The fourth-order valence-electron chi connectivity index (χ4n) is 3.98. The molecule has 0 radical (unpaired) electrons. The second kappa shape index (κ2) is 6.41. The molecular formula is C18H20N2O2S2. The second-order valence-electron chi connectivity index (χ2n) is 6.60. The number of thiophene rings is 1. The second-order valence-corrected chi connectivity index (χ2v) is 8.41. The van der Waals surface area contributed by atoms with Crippen molar-refractivity contribution < 1.29 is 4.79 Å². The van der Waals surface area contributed by atoms with Crippen molar-refractivity contribution in [3.05, 3.63) is 45.7 Å². The van der Waals surface area contributed by atoms with Crippen LogP contribution < -0.4 is 5.56 Å². The third kappa shape index (κ3) is 2.71. The van der Waals surface area contributed by atoms with Crippen LogP contribution in [-0.4, -0.2) is 40.5 Å². The van der Waals surface area contributed by atoms with E-state index in [1.165, 1.54) is 0 Å². The van der Waals surface area contributed by atoms with Gasteiger partial charge in [0.1, 0.15) is 0 Å².